The number of allylic oxidation sites excluding steroid dienone is 2. The number of nitrogens with zero attached hydrogens (tertiary/aromatic N) is 2. The number of ether oxygens (including phenoxy) is 2. The first-order valence-electron chi connectivity index (χ1n) is 8.93. The van der Waals surface area contributed by atoms with E-state index in [2.05, 4.69) is 10.3 Å². The lowest BCUT2D eigenvalue weighted by Gasteiger charge is -2.30. The molecule has 0 fully saturated rings. The molecular formula is C19H25Cl2N3O4. The number of aromatic nitrogens is 2. The van der Waals surface area contributed by atoms with Gasteiger partial charge in [-0.3, -0.25) is 0 Å². The third kappa shape index (κ3) is 4.36. The highest BCUT2D eigenvalue weighted by molar-refractivity contribution is 6.40. The summed E-state index contributed by atoms with van der Waals surface area (Å²) in [5, 5.41) is 3.37. The quantitative estimate of drug-likeness (QED) is 0.715. The fraction of sp³-hybridized carbons (Fsp3) is 0.526. The Bertz CT molecular complexity index is 825. The van der Waals surface area contributed by atoms with Crippen LogP contribution in [-0.2, 0) is 26.1 Å². The first kappa shape index (κ1) is 22.3. The van der Waals surface area contributed by atoms with Crippen LogP contribution in [0, 0.1) is 0 Å². The Hall–Kier alpha value is -1.99. The van der Waals surface area contributed by atoms with Gasteiger partial charge in [-0.15, -0.1) is 0 Å². The van der Waals surface area contributed by atoms with Crippen LogP contribution in [0.25, 0.3) is 0 Å². The van der Waals surface area contributed by atoms with Crippen LogP contribution < -0.4 is 5.32 Å². The fourth-order valence-electron chi connectivity index (χ4n) is 3.07. The van der Waals surface area contributed by atoms with E-state index in [1.807, 2.05) is 0 Å². The highest BCUT2D eigenvalue weighted by Crippen LogP contribution is 2.40. The SMILES string of the molecule is CC1=C(C(=O)OC(C)C)C(c2nc(Cl)c(Cl)n2C)C(C(=O)OC(C)C)=C(C)N1. The molecule has 0 unspecified atom stereocenters. The number of esters is 2. The van der Waals surface area contributed by atoms with E-state index in [1.165, 1.54) is 0 Å². The molecule has 1 N–H and O–H groups in total. The van der Waals surface area contributed by atoms with E-state index in [9.17, 15) is 9.59 Å². The van der Waals surface area contributed by atoms with Crippen molar-refractivity contribution in [3.05, 3.63) is 38.7 Å². The number of halogens is 2. The van der Waals surface area contributed by atoms with Gasteiger partial charge in [0.05, 0.1) is 29.3 Å². The summed E-state index contributed by atoms with van der Waals surface area (Å²) in [6.07, 6.45) is -0.667. The molecule has 9 heteroatoms. The molecule has 0 saturated carbocycles. The Morgan fingerprint density at radius 3 is 1.75 bits per heavy atom. The minimum Gasteiger partial charge on any atom is -0.460 e. The molecule has 2 rings (SSSR count). The normalized spacial score (nSPS) is 15.4. The van der Waals surface area contributed by atoms with Gasteiger partial charge in [0, 0.05) is 18.4 Å². The van der Waals surface area contributed by atoms with E-state index in [-0.39, 0.29) is 33.7 Å². The molecule has 0 atom stereocenters. The van der Waals surface area contributed by atoms with Gasteiger partial charge in [-0.1, -0.05) is 23.2 Å². The van der Waals surface area contributed by atoms with Crippen molar-refractivity contribution in [1.29, 1.82) is 0 Å². The molecule has 0 bridgehead atoms. The number of carbonyl (C=O) groups excluding carboxylic acids is 2. The van der Waals surface area contributed by atoms with Gasteiger partial charge in [0.15, 0.2) is 5.15 Å². The number of imidazole rings is 1. The van der Waals surface area contributed by atoms with Gasteiger partial charge in [0.1, 0.15) is 11.0 Å². The van der Waals surface area contributed by atoms with Crippen LogP contribution in [-0.4, -0.2) is 33.7 Å². The van der Waals surface area contributed by atoms with Crippen molar-refractivity contribution in [2.75, 3.05) is 0 Å². The lowest BCUT2D eigenvalue weighted by Crippen LogP contribution is -2.34. The Balaban J connectivity index is 2.70. The summed E-state index contributed by atoms with van der Waals surface area (Å²) in [5.41, 5.74) is 1.64. The van der Waals surface area contributed by atoms with Crippen LogP contribution in [0.2, 0.25) is 10.3 Å². The van der Waals surface area contributed by atoms with Crippen molar-refractivity contribution < 1.29 is 19.1 Å². The zero-order valence-corrected chi connectivity index (χ0v) is 18.5. The Kier molecular flexibility index (Phi) is 6.83. The summed E-state index contributed by atoms with van der Waals surface area (Å²) in [5.74, 6) is -1.60. The Labute approximate surface area is 174 Å². The van der Waals surface area contributed by atoms with E-state index in [4.69, 9.17) is 32.7 Å². The first-order valence-corrected chi connectivity index (χ1v) is 9.69. The highest BCUT2D eigenvalue weighted by atomic mass is 35.5. The van der Waals surface area contributed by atoms with Crippen LogP contribution in [0.15, 0.2) is 22.5 Å². The summed E-state index contributed by atoms with van der Waals surface area (Å²) in [4.78, 5) is 30.1. The number of dihydropyridines is 1. The minimum atomic E-state index is -0.839. The second-order valence-corrected chi connectivity index (χ2v) is 7.87. The van der Waals surface area contributed by atoms with Crippen LogP contribution in [0.3, 0.4) is 0 Å². The van der Waals surface area contributed by atoms with Gasteiger partial charge in [-0.25, -0.2) is 14.6 Å². The smallest absolute Gasteiger partial charge is 0.337 e. The van der Waals surface area contributed by atoms with Gasteiger partial charge >= 0.3 is 11.9 Å². The summed E-state index contributed by atoms with van der Waals surface area (Å²) < 4.78 is 12.4. The van der Waals surface area contributed by atoms with Crippen LogP contribution in [0.1, 0.15) is 53.3 Å². The molecule has 2 heterocycles. The summed E-state index contributed by atoms with van der Waals surface area (Å²) in [7, 11) is 1.67. The zero-order chi connectivity index (χ0) is 21.3. The maximum absolute atomic E-state index is 12.9. The minimum absolute atomic E-state index is 0.0844. The van der Waals surface area contributed by atoms with Gasteiger partial charge in [0.25, 0.3) is 0 Å². The van der Waals surface area contributed by atoms with Gasteiger partial charge in [0.2, 0.25) is 0 Å². The Morgan fingerprint density at radius 1 is 1.00 bits per heavy atom. The second kappa shape index (κ2) is 8.57. The van der Waals surface area contributed by atoms with E-state index in [0.717, 1.165) is 0 Å². The summed E-state index contributed by atoms with van der Waals surface area (Å²) in [6.45, 7) is 10.5. The first-order chi connectivity index (χ1) is 13.0. The van der Waals surface area contributed by atoms with Crippen molar-refractivity contribution in [1.82, 2.24) is 14.9 Å². The topological polar surface area (TPSA) is 82.5 Å². The number of hydrogen-bond acceptors (Lipinski definition) is 6. The molecule has 1 aromatic rings. The molecule has 1 aromatic heterocycles. The second-order valence-electron chi connectivity index (χ2n) is 7.15. The predicted molar refractivity (Wildman–Crippen MR) is 107 cm³/mol. The molecule has 7 nitrogen and oxygen atoms in total. The number of carbonyl (C=O) groups is 2. The maximum Gasteiger partial charge on any atom is 0.337 e. The molecule has 0 aromatic carbocycles. The van der Waals surface area contributed by atoms with Gasteiger partial charge in [-0.05, 0) is 41.5 Å². The molecule has 28 heavy (non-hydrogen) atoms. The number of hydrogen-bond donors (Lipinski definition) is 1. The molecule has 0 radical (unpaired) electrons. The van der Waals surface area contributed by atoms with Crippen LogP contribution >= 0.6 is 23.2 Å². The monoisotopic (exact) mass is 429 g/mol. The molecule has 0 spiro atoms. The zero-order valence-electron chi connectivity index (χ0n) is 17.0. The lowest BCUT2D eigenvalue weighted by molar-refractivity contribution is -0.143. The molecule has 1 aliphatic heterocycles. The molecule has 1 aliphatic rings. The largest absolute Gasteiger partial charge is 0.460 e. The molecule has 0 saturated heterocycles. The van der Waals surface area contributed by atoms with E-state index in [1.54, 1.807) is 53.2 Å². The van der Waals surface area contributed by atoms with E-state index in [0.29, 0.717) is 17.2 Å². The van der Waals surface area contributed by atoms with Crippen molar-refractivity contribution in [3.8, 4) is 0 Å². The summed E-state index contributed by atoms with van der Waals surface area (Å²) >= 11 is 12.3. The van der Waals surface area contributed by atoms with E-state index >= 15 is 0 Å². The highest BCUT2D eigenvalue weighted by Gasteiger charge is 2.41. The van der Waals surface area contributed by atoms with Crippen molar-refractivity contribution in [2.24, 2.45) is 7.05 Å². The van der Waals surface area contributed by atoms with Crippen LogP contribution in [0.4, 0.5) is 0 Å². The third-order valence-electron chi connectivity index (χ3n) is 4.16. The molecule has 0 amide bonds. The van der Waals surface area contributed by atoms with Crippen molar-refractivity contribution in [3.63, 3.8) is 0 Å². The third-order valence-corrected chi connectivity index (χ3v) is 4.96. The van der Waals surface area contributed by atoms with Gasteiger partial charge < -0.3 is 19.4 Å². The molecule has 154 valence electrons. The van der Waals surface area contributed by atoms with Crippen molar-refractivity contribution >= 4 is 35.1 Å². The predicted octanol–water partition coefficient (Wildman–Crippen LogP) is 3.86. The number of rotatable bonds is 5. The Morgan fingerprint density at radius 2 is 1.43 bits per heavy atom. The molecular weight excluding hydrogens is 405 g/mol. The summed E-state index contributed by atoms with van der Waals surface area (Å²) in [6, 6.07) is 0. The average Bonchev–Trinajstić information content (AvgIpc) is 2.79. The lowest BCUT2D eigenvalue weighted by atomic mass is 9.84. The number of nitrogens with one attached hydrogen (secondary N) is 1. The van der Waals surface area contributed by atoms with Gasteiger partial charge in [-0.2, -0.15) is 0 Å². The fourth-order valence-corrected chi connectivity index (χ4v) is 3.41. The standard InChI is InChI=1S/C19H25Cl2N3O4/c1-8(2)27-18(25)12-10(5)22-11(6)13(19(26)28-9(3)4)14(12)17-23-15(20)16(21)24(17)7/h8-9,14,22H,1-7H3. The van der Waals surface area contributed by atoms with Crippen LogP contribution in [0.5, 0.6) is 0 Å². The van der Waals surface area contributed by atoms with E-state index < -0.39 is 17.9 Å². The average molecular weight is 430 g/mol. The van der Waals surface area contributed by atoms with Crippen molar-refractivity contribution in [2.45, 2.75) is 59.7 Å². The molecule has 0 aliphatic carbocycles. The maximum atomic E-state index is 12.9.